The van der Waals surface area contributed by atoms with Crippen molar-refractivity contribution >= 4 is 29.9 Å². The van der Waals surface area contributed by atoms with Crippen molar-refractivity contribution in [1.82, 2.24) is 9.66 Å². The topological polar surface area (TPSA) is 119 Å². The number of anilines is 2. The minimum absolute atomic E-state index is 0.0113. The van der Waals surface area contributed by atoms with E-state index in [0.29, 0.717) is 5.76 Å². The summed E-state index contributed by atoms with van der Waals surface area (Å²) in [6.07, 6.45) is 1.44. The van der Waals surface area contributed by atoms with Crippen LogP contribution in [0, 0.1) is 23.0 Å². The first kappa shape index (κ1) is 12.8. The number of aromatic nitrogens is 2. The number of hydrogen-bond acceptors (Lipinski definition) is 7. The summed E-state index contributed by atoms with van der Waals surface area (Å²) in [4.78, 5) is 3.84. The maximum absolute atomic E-state index is 8.81. The molecular formula is C11H10N6OS. The Morgan fingerprint density at radius 1 is 1.53 bits per heavy atom. The molecule has 96 valence electrons. The van der Waals surface area contributed by atoms with Crippen LogP contribution in [-0.4, -0.2) is 15.9 Å². The standard InChI is InChI=1S/C11H10N6OS/c1-6-2-3-7(18-6)5-15-17-10(14)9(13)8(4-12)16-11(17)19/h2-3,5H,13-14H2,1H3/b15-5+. The van der Waals surface area contributed by atoms with Crippen molar-refractivity contribution in [2.24, 2.45) is 5.10 Å². The van der Waals surface area contributed by atoms with Gasteiger partial charge >= 0.3 is 0 Å². The van der Waals surface area contributed by atoms with Crippen LogP contribution < -0.4 is 11.5 Å². The molecule has 0 saturated carbocycles. The van der Waals surface area contributed by atoms with Gasteiger partial charge < -0.3 is 15.9 Å². The zero-order valence-corrected chi connectivity index (χ0v) is 10.8. The Hall–Kier alpha value is -2.66. The van der Waals surface area contributed by atoms with Crippen LogP contribution in [-0.2, 0) is 0 Å². The molecule has 2 heterocycles. The Bertz CT molecular complexity index is 752. The molecule has 19 heavy (non-hydrogen) atoms. The number of furan rings is 1. The van der Waals surface area contributed by atoms with E-state index in [0.717, 1.165) is 5.76 Å². The van der Waals surface area contributed by atoms with Crippen LogP contribution in [0.4, 0.5) is 11.5 Å². The summed E-state index contributed by atoms with van der Waals surface area (Å²) < 4.78 is 6.53. The molecule has 0 aliphatic heterocycles. The van der Waals surface area contributed by atoms with Gasteiger partial charge in [-0.25, -0.2) is 4.98 Å². The Morgan fingerprint density at radius 3 is 2.84 bits per heavy atom. The van der Waals surface area contributed by atoms with E-state index < -0.39 is 0 Å². The molecule has 0 aliphatic rings. The lowest BCUT2D eigenvalue weighted by Gasteiger charge is -2.07. The predicted molar refractivity (Wildman–Crippen MR) is 73.0 cm³/mol. The van der Waals surface area contributed by atoms with Gasteiger partial charge in [0.15, 0.2) is 11.5 Å². The van der Waals surface area contributed by atoms with Crippen molar-refractivity contribution in [3.05, 3.63) is 34.1 Å². The van der Waals surface area contributed by atoms with Crippen LogP contribution in [0.15, 0.2) is 21.7 Å². The summed E-state index contributed by atoms with van der Waals surface area (Å²) in [5, 5.41) is 12.9. The van der Waals surface area contributed by atoms with Crippen molar-refractivity contribution in [3.8, 4) is 6.07 Å². The molecule has 4 N–H and O–H groups in total. The second-order valence-corrected chi connectivity index (χ2v) is 4.02. The molecule has 0 saturated heterocycles. The summed E-state index contributed by atoms with van der Waals surface area (Å²) in [5.41, 5.74) is 11.5. The second-order valence-electron chi connectivity index (χ2n) is 3.66. The average molecular weight is 274 g/mol. The van der Waals surface area contributed by atoms with Gasteiger partial charge in [0.25, 0.3) is 0 Å². The summed E-state index contributed by atoms with van der Waals surface area (Å²) in [6.45, 7) is 1.82. The lowest BCUT2D eigenvalue weighted by Crippen LogP contribution is -2.10. The number of nitrogen functional groups attached to an aromatic ring is 2. The SMILES string of the molecule is Cc1ccc(/C=N/n2c(N)c(N)c(C#N)nc2=S)o1. The molecule has 0 unspecified atom stereocenters. The van der Waals surface area contributed by atoms with Gasteiger partial charge in [-0.3, -0.25) is 0 Å². The predicted octanol–water partition coefficient (Wildman–Crippen LogP) is 1.43. The zero-order chi connectivity index (χ0) is 14.0. The van der Waals surface area contributed by atoms with E-state index in [1.165, 1.54) is 10.9 Å². The van der Waals surface area contributed by atoms with E-state index in [1.54, 1.807) is 12.1 Å². The molecule has 0 radical (unpaired) electrons. The van der Waals surface area contributed by atoms with Crippen molar-refractivity contribution in [2.75, 3.05) is 11.5 Å². The average Bonchev–Trinajstić information content (AvgIpc) is 2.79. The van der Waals surface area contributed by atoms with Gasteiger partial charge in [-0.05, 0) is 31.3 Å². The molecule has 0 spiro atoms. The first-order valence-corrected chi connectivity index (χ1v) is 5.62. The van der Waals surface area contributed by atoms with Gasteiger partial charge in [0.05, 0.1) is 6.21 Å². The third-order valence-electron chi connectivity index (χ3n) is 2.32. The lowest BCUT2D eigenvalue weighted by atomic mass is 10.3. The number of nitriles is 1. The molecule has 7 nitrogen and oxygen atoms in total. The highest BCUT2D eigenvalue weighted by Crippen LogP contribution is 2.17. The Labute approximate surface area is 113 Å². The zero-order valence-electron chi connectivity index (χ0n) is 9.99. The van der Waals surface area contributed by atoms with Crippen molar-refractivity contribution < 1.29 is 4.42 Å². The molecule has 0 aromatic carbocycles. The van der Waals surface area contributed by atoms with Crippen LogP contribution in [0.1, 0.15) is 17.2 Å². The molecule has 0 atom stereocenters. The minimum atomic E-state index is -0.0113. The molecule has 2 rings (SSSR count). The third-order valence-corrected chi connectivity index (χ3v) is 2.58. The molecule has 2 aromatic heterocycles. The van der Waals surface area contributed by atoms with E-state index >= 15 is 0 Å². The summed E-state index contributed by atoms with van der Waals surface area (Å²) in [5.74, 6) is 1.37. The smallest absolute Gasteiger partial charge is 0.223 e. The quantitative estimate of drug-likeness (QED) is 0.631. The lowest BCUT2D eigenvalue weighted by molar-refractivity contribution is 0.527. The number of hydrogen-bond donors (Lipinski definition) is 2. The van der Waals surface area contributed by atoms with Gasteiger partial charge in [-0.2, -0.15) is 15.0 Å². The molecule has 2 aromatic rings. The van der Waals surface area contributed by atoms with Crippen LogP contribution in [0.2, 0.25) is 0 Å². The summed E-state index contributed by atoms with van der Waals surface area (Å²) in [6, 6.07) is 5.36. The fourth-order valence-electron chi connectivity index (χ4n) is 1.38. The molecule has 0 aliphatic carbocycles. The Balaban J connectivity index is 2.47. The van der Waals surface area contributed by atoms with Gasteiger partial charge in [-0.15, -0.1) is 0 Å². The van der Waals surface area contributed by atoms with Crippen LogP contribution in [0.3, 0.4) is 0 Å². The van der Waals surface area contributed by atoms with Gasteiger partial charge in [-0.1, -0.05) is 0 Å². The largest absolute Gasteiger partial charge is 0.460 e. The van der Waals surface area contributed by atoms with E-state index in [9.17, 15) is 0 Å². The molecule has 0 fully saturated rings. The molecule has 0 amide bonds. The van der Waals surface area contributed by atoms with Crippen molar-refractivity contribution in [3.63, 3.8) is 0 Å². The molecular weight excluding hydrogens is 264 g/mol. The van der Waals surface area contributed by atoms with Crippen molar-refractivity contribution in [1.29, 1.82) is 5.26 Å². The highest BCUT2D eigenvalue weighted by atomic mass is 32.1. The van der Waals surface area contributed by atoms with E-state index in [2.05, 4.69) is 10.1 Å². The first-order chi connectivity index (χ1) is 9.02. The van der Waals surface area contributed by atoms with Crippen LogP contribution in [0.5, 0.6) is 0 Å². The normalized spacial score (nSPS) is 10.7. The molecule has 0 bridgehead atoms. The van der Waals surface area contributed by atoms with Gasteiger partial charge in [0, 0.05) is 0 Å². The second kappa shape index (κ2) is 4.91. The van der Waals surface area contributed by atoms with E-state index in [1.807, 2.05) is 13.0 Å². The summed E-state index contributed by atoms with van der Waals surface area (Å²) in [7, 11) is 0. The Morgan fingerprint density at radius 2 is 2.26 bits per heavy atom. The molecule has 8 heteroatoms. The number of nitrogens with zero attached hydrogens (tertiary/aromatic N) is 4. The summed E-state index contributed by atoms with van der Waals surface area (Å²) >= 11 is 4.99. The maximum Gasteiger partial charge on any atom is 0.223 e. The minimum Gasteiger partial charge on any atom is -0.460 e. The van der Waals surface area contributed by atoms with Crippen molar-refractivity contribution in [2.45, 2.75) is 6.92 Å². The van der Waals surface area contributed by atoms with Crippen LogP contribution >= 0.6 is 12.2 Å². The number of aryl methyl sites for hydroxylation is 1. The van der Waals surface area contributed by atoms with Gasteiger partial charge in [0.2, 0.25) is 4.77 Å². The Kier molecular flexibility index (Phi) is 3.31. The first-order valence-electron chi connectivity index (χ1n) is 5.22. The fourth-order valence-corrected chi connectivity index (χ4v) is 1.61. The number of rotatable bonds is 2. The maximum atomic E-state index is 8.81. The fraction of sp³-hybridized carbons (Fsp3) is 0.0909. The third kappa shape index (κ3) is 2.46. The monoisotopic (exact) mass is 274 g/mol. The van der Waals surface area contributed by atoms with Gasteiger partial charge in [0.1, 0.15) is 23.3 Å². The van der Waals surface area contributed by atoms with E-state index in [-0.39, 0.29) is 22.0 Å². The van der Waals surface area contributed by atoms with E-state index in [4.69, 9.17) is 33.4 Å². The highest BCUT2D eigenvalue weighted by molar-refractivity contribution is 7.71. The van der Waals surface area contributed by atoms with Crippen LogP contribution in [0.25, 0.3) is 0 Å². The highest BCUT2D eigenvalue weighted by Gasteiger charge is 2.09. The number of nitrogens with two attached hydrogens (primary N) is 2.